The molecule has 8 heteroatoms. The number of anilines is 2. The van der Waals surface area contributed by atoms with E-state index in [0.717, 1.165) is 36.7 Å². The molecule has 0 bridgehead atoms. The number of nitro benzene ring substituents is 1. The van der Waals surface area contributed by atoms with Gasteiger partial charge >= 0.3 is 5.69 Å². The van der Waals surface area contributed by atoms with Crippen molar-refractivity contribution in [3.05, 3.63) is 57.1 Å². The highest BCUT2D eigenvalue weighted by molar-refractivity contribution is 5.79. The Bertz CT molecular complexity index is 1030. The molecular weight excluding hydrogens is 334 g/mol. The van der Waals surface area contributed by atoms with Crippen molar-refractivity contribution in [1.29, 1.82) is 0 Å². The fourth-order valence-corrected chi connectivity index (χ4v) is 3.65. The number of fused-ring (bicyclic) bond motifs is 1. The second-order valence-corrected chi connectivity index (χ2v) is 6.64. The predicted molar refractivity (Wildman–Crippen MR) is 98.9 cm³/mol. The van der Waals surface area contributed by atoms with Crippen molar-refractivity contribution >= 4 is 28.2 Å². The van der Waals surface area contributed by atoms with Crippen molar-refractivity contribution in [1.82, 2.24) is 14.1 Å². The lowest BCUT2D eigenvalue weighted by Gasteiger charge is -2.12. The van der Waals surface area contributed by atoms with Crippen molar-refractivity contribution < 1.29 is 4.92 Å². The molecule has 8 nitrogen and oxygen atoms in total. The Hall–Kier alpha value is -3.16. The minimum atomic E-state index is -0.432. The Morgan fingerprint density at radius 1 is 1.19 bits per heavy atom. The quantitative estimate of drug-likeness (QED) is 0.572. The molecule has 1 saturated carbocycles. The van der Waals surface area contributed by atoms with Gasteiger partial charge in [0.25, 0.3) is 5.69 Å². The van der Waals surface area contributed by atoms with Crippen LogP contribution >= 0.6 is 0 Å². The summed E-state index contributed by atoms with van der Waals surface area (Å²) in [6.07, 6.45) is 6.02. The standard InChI is InChI=1S/C18H19N5O3/c1-21-16-11-19-17(20-12-6-8-14(9-7-12)23(25)26)10-15(16)22(18(21)24)13-4-2-3-5-13/h6-11,13H,2-5H2,1H3,(H,19,20). The SMILES string of the molecule is Cn1c(=O)n(C2CCCC2)c2cc(Nc3ccc([N+](=O)[O-])cc3)ncc21. The topological polar surface area (TPSA) is 95.0 Å². The molecule has 134 valence electrons. The Morgan fingerprint density at radius 3 is 2.54 bits per heavy atom. The first-order chi connectivity index (χ1) is 12.5. The summed E-state index contributed by atoms with van der Waals surface area (Å²) in [7, 11) is 1.77. The van der Waals surface area contributed by atoms with E-state index in [4.69, 9.17) is 0 Å². The molecule has 0 atom stereocenters. The van der Waals surface area contributed by atoms with Gasteiger partial charge in [-0.2, -0.15) is 0 Å². The molecule has 2 heterocycles. The van der Waals surface area contributed by atoms with Crippen LogP contribution in [0.15, 0.2) is 41.3 Å². The molecular formula is C18H19N5O3. The van der Waals surface area contributed by atoms with Crippen molar-refractivity contribution in [2.75, 3.05) is 5.32 Å². The molecule has 0 unspecified atom stereocenters. The van der Waals surface area contributed by atoms with E-state index in [1.165, 1.54) is 12.1 Å². The zero-order valence-corrected chi connectivity index (χ0v) is 14.4. The Labute approximate surface area is 149 Å². The van der Waals surface area contributed by atoms with Gasteiger partial charge in [-0.1, -0.05) is 12.8 Å². The molecule has 0 radical (unpaired) electrons. The smallest absolute Gasteiger partial charge is 0.329 e. The molecule has 1 aromatic carbocycles. The Balaban J connectivity index is 1.71. The van der Waals surface area contributed by atoms with Crippen LogP contribution in [0.4, 0.5) is 17.2 Å². The number of nitrogens with one attached hydrogen (secondary N) is 1. The van der Waals surface area contributed by atoms with E-state index in [0.29, 0.717) is 11.5 Å². The van der Waals surface area contributed by atoms with E-state index in [-0.39, 0.29) is 17.4 Å². The third-order valence-corrected chi connectivity index (χ3v) is 5.02. The van der Waals surface area contributed by atoms with Crippen LogP contribution in [0.25, 0.3) is 11.0 Å². The maximum Gasteiger partial charge on any atom is 0.329 e. The van der Waals surface area contributed by atoms with Crippen molar-refractivity contribution in [2.45, 2.75) is 31.7 Å². The number of imidazole rings is 1. The minimum Gasteiger partial charge on any atom is -0.340 e. The van der Waals surface area contributed by atoms with E-state index < -0.39 is 4.92 Å². The van der Waals surface area contributed by atoms with Gasteiger partial charge < -0.3 is 5.32 Å². The van der Waals surface area contributed by atoms with Crippen molar-refractivity contribution in [3.63, 3.8) is 0 Å². The highest BCUT2D eigenvalue weighted by Crippen LogP contribution is 2.31. The second-order valence-electron chi connectivity index (χ2n) is 6.64. The maximum atomic E-state index is 12.7. The molecule has 0 spiro atoms. The average molecular weight is 353 g/mol. The number of rotatable bonds is 4. The number of nitro groups is 1. The number of non-ortho nitro benzene ring substituents is 1. The van der Waals surface area contributed by atoms with E-state index in [9.17, 15) is 14.9 Å². The molecule has 26 heavy (non-hydrogen) atoms. The van der Waals surface area contributed by atoms with Gasteiger partial charge in [0.15, 0.2) is 0 Å². The van der Waals surface area contributed by atoms with Crippen LogP contribution in [-0.4, -0.2) is 19.0 Å². The summed E-state index contributed by atoms with van der Waals surface area (Å²) in [6.45, 7) is 0. The van der Waals surface area contributed by atoms with Gasteiger partial charge in [0, 0.05) is 37.0 Å². The number of benzene rings is 1. The van der Waals surface area contributed by atoms with Crippen LogP contribution in [0.1, 0.15) is 31.7 Å². The molecule has 2 aromatic heterocycles. The van der Waals surface area contributed by atoms with E-state index in [1.54, 1.807) is 29.9 Å². The lowest BCUT2D eigenvalue weighted by Crippen LogP contribution is -2.24. The van der Waals surface area contributed by atoms with Crippen LogP contribution in [0, 0.1) is 10.1 Å². The number of nitrogens with zero attached hydrogens (tertiary/aromatic N) is 4. The lowest BCUT2D eigenvalue weighted by molar-refractivity contribution is -0.384. The molecule has 1 fully saturated rings. The predicted octanol–water partition coefficient (Wildman–Crippen LogP) is 3.50. The van der Waals surface area contributed by atoms with Crippen LogP contribution in [-0.2, 0) is 7.05 Å². The molecule has 1 aliphatic rings. The lowest BCUT2D eigenvalue weighted by atomic mass is 10.2. The number of pyridine rings is 1. The summed E-state index contributed by atoms with van der Waals surface area (Å²) in [6, 6.07) is 8.27. The Morgan fingerprint density at radius 2 is 1.88 bits per heavy atom. The van der Waals surface area contributed by atoms with Crippen LogP contribution in [0.5, 0.6) is 0 Å². The van der Waals surface area contributed by atoms with Crippen LogP contribution < -0.4 is 11.0 Å². The monoisotopic (exact) mass is 353 g/mol. The highest BCUT2D eigenvalue weighted by Gasteiger charge is 2.23. The summed E-state index contributed by atoms with van der Waals surface area (Å²) in [4.78, 5) is 27.4. The van der Waals surface area contributed by atoms with E-state index >= 15 is 0 Å². The molecule has 1 aliphatic carbocycles. The zero-order chi connectivity index (χ0) is 18.3. The largest absolute Gasteiger partial charge is 0.340 e. The molecule has 0 saturated heterocycles. The second kappa shape index (κ2) is 6.29. The normalized spacial score (nSPS) is 14.8. The summed E-state index contributed by atoms with van der Waals surface area (Å²) in [5, 5.41) is 13.9. The molecule has 4 rings (SSSR count). The average Bonchev–Trinajstić information content (AvgIpc) is 3.23. The highest BCUT2D eigenvalue weighted by atomic mass is 16.6. The van der Waals surface area contributed by atoms with Crippen LogP contribution in [0.2, 0.25) is 0 Å². The molecule has 0 amide bonds. The summed E-state index contributed by atoms with van der Waals surface area (Å²) >= 11 is 0. The summed E-state index contributed by atoms with van der Waals surface area (Å²) < 4.78 is 3.52. The minimum absolute atomic E-state index is 0.0128. The summed E-state index contributed by atoms with van der Waals surface area (Å²) in [5.41, 5.74) is 2.39. The van der Waals surface area contributed by atoms with Crippen molar-refractivity contribution in [3.8, 4) is 0 Å². The Kier molecular flexibility index (Phi) is 3.95. The first kappa shape index (κ1) is 16.3. The van der Waals surface area contributed by atoms with Gasteiger partial charge in [-0.25, -0.2) is 9.78 Å². The van der Waals surface area contributed by atoms with Gasteiger partial charge in [0.1, 0.15) is 5.82 Å². The first-order valence-corrected chi connectivity index (χ1v) is 8.63. The van der Waals surface area contributed by atoms with E-state index in [1.807, 2.05) is 10.6 Å². The van der Waals surface area contributed by atoms with Gasteiger partial charge in [-0.15, -0.1) is 0 Å². The van der Waals surface area contributed by atoms with Gasteiger partial charge in [-0.3, -0.25) is 19.2 Å². The fourth-order valence-electron chi connectivity index (χ4n) is 3.65. The fraction of sp³-hybridized carbons (Fsp3) is 0.333. The number of hydrogen-bond acceptors (Lipinski definition) is 5. The zero-order valence-electron chi connectivity index (χ0n) is 14.4. The van der Waals surface area contributed by atoms with Crippen molar-refractivity contribution in [2.24, 2.45) is 7.05 Å². The van der Waals surface area contributed by atoms with Gasteiger partial charge in [0.2, 0.25) is 0 Å². The third-order valence-electron chi connectivity index (χ3n) is 5.02. The summed E-state index contributed by atoms with van der Waals surface area (Å²) in [5.74, 6) is 0.601. The molecule has 1 N–H and O–H groups in total. The van der Waals surface area contributed by atoms with E-state index in [2.05, 4.69) is 10.3 Å². The number of aromatic nitrogens is 3. The number of aryl methyl sites for hydroxylation is 1. The van der Waals surface area contributed by atoms with Crippen LogP contribution in [0.3, 0.4) is 0 Å². The van der Waals surface area contributed by atoms with Gasteiger partial charge in [0.05, 0.1) is 22.2 Å². The van der Waals surface area contributed by atoms with Gasteiger partial charge in [-0.05, 0) is 25.0 Å². The number of hydrogen-bond donors (Lipinski definition) is 1. The third kappa shape index (κ3) is 2.73. The molecule has 3 aromatic rings. The molecule has 0 aliphatic heterocycles. The maximum absolute atomic E-state index is 12.7. The first-order valence-electron chi connectivity index (χ1n) is 8.63.